The predicted molar refractivity (Wildman–Crippen MR) is 99.4 cm³/mol. The molecule has 1 N–H and O–H groups in total. The molecule has 0 spiro atoms. The fraction of sp³-hybridized carbons (Fsp3) is 0. The first-order valence-corrected chi connectivity index (χ1v) is 7.99. The first-order chi connectivity index (χ1) is 13.5. The molecule has 1 aromatic heterocycles. The van der Waals surface area contributed by atoms with E-state index >= 15 is 0 Å². The Balaban J connectivity index is 1.79. The molecule has 0 aliphatic heterocycles. The van der Waals surface area contributed by atoms with Crippen LogP contribution in [0, 0.1) is 27.3 Å². The number of hydrogen-bond acceptors (Lipinski definition) is 5. The molecule has 28 heavy (non-hydrogen) atoms. The number of nitrogens with zero attached hydrogens (tertiary/aromatic N) is 2. The summed E-state index contributed by atoms with van der Waals surface area (Å²) in [6, 6.07) is 16.0. The van der Waals surface area contributed by atoms with Crippen LogP contribution < -0.4 is 5.32 Å². The summed E-state index contributed by atoms with van der Waals surface area (Å²) in [6.45, 7) is 0. The lowest BCUT2D eigenvalue weighted by Crippen LogP contribution is -2.13. The van der Waals surface area contributed by atoms with Gasteiger partial charge in [0.05, 0.1) is 4.92 Å². The van der Waals surface area contributed by atoms with Crippen molar-refractivity contribution in [2.24, 2.45) is 0 Å². The molecule has 1 amide bonds. The average molecular weight is 377 g/mol. The standard InChI is InChI=1S/C20H12FN3O4/c21-15-6-4-13(5-7-15)19-9-8-18(28-19)10-14(12-22)20(25)23-16-2-1-3-17(11-16)24(26)27/h1-11H,(H,23,25)/b14-10-. The van der Waals surface area contributed by atoms with Gasteiger partial charge in [-0.15, -0.1) is 0 Å². The third-order valence-electron chi connectivity index (χ3n) is 3.72. The molecule has 7 nitrogen and oxygen atoms in total. The van der Waals surface area contributed by atoms with Crippen molar-refractivity contribution in [3.05, 3.63) is 87.9 Å². The molecule has 138 valence electrons. The predicted octanol–water partition coefficient (Wildman–Crippen LogP) is 4.54. The van der Waals surface area contributed by atoms with Gasteiger partial charge in [-0.1, -0.05) is 6.07 Å². The zero-order valence-corrected chi connectivity index (χ0v) is 14.3. The van der Waals surface area contributed by atoms with Gasteiger partial charge < -0.3 is 9.73 Å². The lowest BCUT2D eigenvalue weighted by Gasteiger charge is -2.03. The number of nitro benzene ring substituents is 1. The van der Waals surface area contributed by atoms with Crippen LogP contribution in [-0.2, 0) is 4.79 Å². The van der Waals surface area contributed by atoms with E-state index in [1.165, 1.54) is 42.5 Å². The number of amides is 1. The van der Waals surface area contributed by atoms with Gasteiger partial charge in [0.2, 0.25) is 0 Å². The maximum atomic E-state index is 13.0. The van der Waals surface area contributed by atoms with Gasteiger partial charge in [0.1, 0.15) is 29.0 Å². The fourth-order valence-corrected chi connectivity index (χ4v) is 2.39. The van der Waals surface area contributed by atoms with Crippen LogP contribution in [-0.4, -0.2) is 10.8 Å². The number of nitrogens with one attached hydrogen (secondary N) is 1. The molecule has 0 saturated heterocycles. The second-order valence-electron chi connectivity index (χ2n) is 5.64. The summed E-state index contributed by atoms with van der Waals surface area (Å²) >= 11 is 0. The summed E-state index contributed by atoms with van der Waals surface area (Å²) in [5.41, 5.74) is 0.397. The minimum atomic E-state index is -0.734. The molecule has 0 atom stereocenters. The number of carbonyl (C=O) groups is 1. The Morgan fingerprint density at radius 3 is 2.61 bits per heavy atom. The van der Waals surface area contributed by atoms with Gasteiger partial charge in [-0.2, -0.15) is 5.26 Å². The molecule has 0 aliphatic carbocycles. The smallest absolute Gasteiger partial charge is 0.271 e. The first kappa shape index (κ1) is 18.5. The number of nitro groups is 1. The number of halogens is 1. The van der Waals surface area contributed by atoms with Crippen molar-refractivity contribution < 1.29 is 18.5 Å². The molecule has 2 aromatic carbocycles. The maximum absolute atomic E-state index is 13.0. The average Bonchev–Trinajstić information content (AvgIpc) is 3.15. The van der Waals surface area contributed by atoms with E-state index in [2.05, 4.69) is 5.32 Å². The monoisotopic (exact) mass is 377 g/mol. The topological polar surface area (TPSA) is 109 Å². The highest BCUT2D eigenvalue weighted by molar-refractivity contribution is 6.09. The summed E-state index contributed by atoms with van der Waals surface area (Å²) in [5, 5.41) is 22.5. The van der Waals surface area contributed by atoms with Crippen LogP contribution in [0.1, 0.15) is 5.76 Å². The van der Waals surface area contributed by atoms with Crippen LogP contribution in [0.5, 0.6) is 0 Å². The van der Waals surface area contributed by atoms with Gasteiger partial charge in [0, 0.05) is 29.5 Å². The van der Waals surface area contributed by atoms with Crippen molar-refractivity contribution in [1.82, 2.24) is 0 Å². The number of rotatable bonds is 5. The minimum Gasteiger partial charge on any atom is -0.457 e. The van der Waals surface area contributed by atoms with Crippen molar-refractivity contribution >= 4 is 23.4 Å². The Morgan fingerprint density at radius 1 is 1.18 bits per heavy atom. The zero-order chi connectivity index (χ0) is 20.1. The highest BCUT2D eigenvalue weighted by Crippen LogP contribution is 2.24. The molecule has 8 heteroatoms. The molecule has 0 aliphatic rings. The van der Waals surface area contributed by atoms with Crippen molar-refractivity contribution in [2.75, 3.05) is 5.32 Å². The van der Waals surface area contributed by atoms with Crippen LogP contribution in [0.15, 0.2) is 70.7 Å². The van der Waals surface area contributed by atoms with Gasteiger partial charge in [-0.05, 0) is 42.5 Å². The number of anilines is 1. The molecule has 0 fully saturated rings. The van der Waals surface area contributed by atoms with Crippen LogP contribution in [0.25, 0.3) is 17.4 Å². The number of carbonyl (C=O) groups excluding carboxylic acids is 1. The van der Waals surface area contributed by atoms with E-state index < -0.39 is 10.8 Å². The maximum Gasteiger partial charge on any atom is 0.271 e. The SMILES string of the molecule is N#C/C(=C/c1ccc(-c2ccc(F)cc2)o1)C(=O)Nc1cccc([N+](=O)[O-])c1. The Labute approximate surface area is 158 Å². The molecule has 1 heterocycles. The lowest BCUT2D eigenvalue weighted by atomic mass is 10.2. The van der Waals surface area contributed by atoms with E-state index in [1.807, 2.05) is 0 Å². The minimum absolute atomic E-state index is 0.185. The van der Waals surface area contributed by atoms with Gasteiger partial charge in [-0.25, -0.2) is 4.39 Å². The normalized spacial score (nSPS) is 10.9. The molecule has 0 unspecified atom stereocenters. The van der Waals surface area contributed by atoms with Gasteiger partial charge in [-0.3, -0.25) is 14.9 Å². The quantitative estimate of drug-likeness (QED) is 0.304. The number of non-ortho nitro benzene ring substituents is 1. The Morgan fingerprint density at radius 2 is 1.93 bits per heavy atom. The highest BCUT2D eigenvalue weighted by atomic mass is 19.1. The van der Waals surface area contributed by atoms with E-state index in [4.69, 9.17) is 4.42 Å². The number of furan rings is 1. The van der Waals surface area contributed by atoms with Gasteiger partial charge in [0.15, 0.2) is 0 Å². The Kier molecular flexibility index (Phi) is 5.28. The third-order valence-corrected chi connectivity index (χ3v) is 3.72. The summed E-state index contributed by atoms with van der Waals surface area (Å²) in [5.74, 6) is -0.407. The van der Waals surface area contributed by atoms with Crippen molar-refractivity contribution in [2.45, 2.75) is 0 Å². The zero-order valence-electron chi connectivity index (χ0n) is 14.3. The molecule has 0 radical (unpaired) electrons. The lowest BCUT2D eigenvalue weighted by molar-refractivity contribution is -0.384. The molecule has 3 aromatic rings. The first-order valence-electron chi connectivity index (χ1n) is 7.99. The Bertz CT molecular complexity index is 1110. The van der Waals surface area contributed by atoms with Crippen LogP contribution in [0.3, 0.4) is 0 Å². The van der Waals surface area contributed by atoms with Crippen molar-refractivity contribution in [1.29, 1.82) is 5.26 Å². The van der Waals surface area contributed by atoms with E-state index in [9.17, 15) is 24.6 Å². The summed E-state index contributed by atoms with van der Waals surface area (Å²) in [6.07, 6.45) is 1.25. The van der Waals surface area contributed by atoms with E-state index in [0.29, 0.717) is 11.3 Å². The van der Waals surface area contributed by atoms with Crippen molar-refractivity contribution in [3.63, 3.8) is 0 Å². The largest absolute Gasteiger partial charge is 0.457 e. The highest BCUT2D eigenvalue weighted by Gasteiger charge is 2.13. The summed E-state index contributed by atoms with van der Waals surface area (Å²) < 4.78 is 18.6. The summed E-state index contributed by atoms with van der Waals surface area (Å²) in [4.78, 5) is 22.5. The van der Waals surface area contributed by atoms with E-state index in [-0.39, 0.29) is 28.5 Å². The summed E-state index contributed by atoms with van der Waals surface area (Å²) in [7, 11) is 0. The molecule has 3 rings (SSSR count). The fourth-order valence-electron chi connectivity index (χ4n) is 2.39. The van der Waals surface area contributed by atoms with Crippen LogP contribution in [0.2, 0.25) is 0 Å². The number of hydrogen-bond donors (Lipinski definition) is 1. The van der Waals surface area contributed by atoms with E-state index in [1.54, 1.807) is 30.3 Å². The van der Waals surface area contributed by atoms with Crippen LogP contribution >= 0.6 is 0 Å². The molecular formula is C20H12FN3O4. The number of benzene rings is 2. The third kappa shape index (κ3) is 4.28. The second-order valence-corrected chi connectivity index (χ2v) is 5.64. The van der Waals surface area contributed by atoms with E-state index in [0.717, 1.165) is 0 Å². The van der Waals surface area contributed by atoms with Gasteiger partial charge in [0.25, 0.3) is 11.6 Å². The van der Waals surface area contributed by atoms with Crippen molar-refractivity contribution in [3.8, 4) is 17.4 Å². The molecule has 0 bridgehead atoms. The number of nitriles is 1. The molecule has 0 saturated carbocycles. The van der Waals surface area contributed by atoms with Crippen LogP contribution in [0.4, 0.5) is 15.8 Å². The Hall–Kier alpha value is -4.25. The second kappa shape index (κ2) is 7.97. The molecular weight excluding hydrogens is 365 g/mol. The van der Waals surface area contributed by atoms with Gasteiger partial charge >= 0.3 is 0 Å².